The van der Waals surface area contributed by atoms with Gasteiger partial charge in [0.25, 0.3) is 0 Å². The van der Waals surface area contributed by atoms with Crippen LogP contribution in [0, 0.1) is 6.85 Å². The van der Waals surface area contributed by atoms with E-state index >= 15 is 0 Å². The van der Waals surface area contributed by atoms with Crippen molar-refractivity contribution in [2.24, 2.45) is 0 Å². The molecule has 0 fully saturated rings. The first kappa shape index (κ1) is 15.6. The fourth-order valence-corrected chi connectivity index (χ4v) is 4.26. The number of rotatable bonds is 3. The number of furan rings is 1. The fraction of sp³-hybridized carbons (Fsp3) is 0.0333. The van der Waals surface area contributed by atoms with E-state index in [-0.39, 0.29) is 5.56 Å². The lowest BCUT2D eigenvalue weighted by molar-refractivity contribution is 0.670. The van der Waals surface area contributed by atoms with Gasteiger partial charge in [-0.2, -0.15) is 0 Å². The maximum atomic E-state index is 8.16. The SMILES string of the molecule is [2H]C([2H])([2H])c1cc(-c2cccc3c2oc2cc(-c4ccccc4)ccc23)ncc1-c1ccccc1. The molecule has 6 aromatic rings. The minimum atomic E-state index is -2.28. The van der Waals surface area contributed by atoms with Gasteiger partial charge in [0.15, 0.2) is 0 Å². The Labute approximate surface area is 191 Å². The standard InChI is InChI=1S/C30H21NO/c1-20-17-28(31-19-27(20)22-11-6-3-7-12-22)26-14-8-13-25-24-16-15-23(18-29(24)32-30(25)26)21-9-4-2-5-10-21/h2-19H,1H3/i1D3. The molecule has 0 atom stereocenters. The summed E-state index contributed by atoms with van der Waals surface area (Å²) in [5, 5.41) is 1.99. The highest BCUT2D eigenvalue weighted by molar-refractivity contribution is 6.10. The number of fused-ring (bicyclic) bond motifs is 3. The summed E-state index contributed by atoms with van der Waals surface area (Å²) in [5.41, 5.74) is 6.73. The second-order valence-electron chi connectivity index (χ2n) is 7.84. The molecular weight excluding hydrogens is 390 g/mol. The van der Waals surface area contributed by atoms with Crippen LogP contribution in [0.4, 0.5) is 0 Å². The lowest BCUT2D eigenvalue weighted by Gasteiger charge is -2.08. The predicted molar refractivity (Wildman–Crippen MR) is 133 cm³/mol. The van der Waals surface area contributed by atoms with E-state index in [2.05, 4.69) is 29.2 Å². The van der Waals surface area contributed by atoms with Crippen molar-refractivity contribution in [1.82, 2.24) is 4.98 Å². The largest absolute Gasteiger partial charge is 0.455 e. The van der Waals surface area contributed by atoms with Crippen LogP contribution in [0.5, 0.6) is 0 Å². The zero-order chi connectivity index (χ0) is 24.0. The van der Waals surface area contributed by atoms with E-state index < -0.39 is 6.85 Å². The molecule has 0 saturated carbocycles. The highest BCUT2D eigenvalue weighted by Gasteiger charge is 2.14. The molecule has 2 nitrogen and oxygen atoms in total. The normalized spacial score (nSPS) is 13.1. The van der Waals surface area contributed by atoms with Crippen LogP contribution in [0.15, 0.2) is 114 Å². The quantitative estimate of drug-likeness (QED) is 0.291. The fourth-order valence-electron chi connectivity index (χ4n) is 4.26. The molecule has 2 heterocycles. The van der Waals surface area contributed by atoms with E-state index in [0.29, 0.717) is 16.8 Å². The number of benzene rings is 4. The second-order valence-corrected chi connectivity index (χ2v) is 7.84. The minimum absolute atomic E-state index is 0.271. The highest BCUT2D eigenvalue weighted by Crippen LogP contribution is 2.37. The molecule has 0 spiro atoms. The van der Waals surface area contributed by atoms with E-state index in [4.69, 9.17) is 8.53 Å². The summed E-state index contributed by atoms with van der Waals surface area (Å²) in [6.07, 6.45) is 1.65. The Kier molecular flexibility index (Phi) is 3.66. The lowest BCUT2D eigenvalue weighted by atomic mass is 9.99. The molecule has 0 amide bonds. The van der Waals surface area contributed by atoms with Crippen molar-refractivity contribution in [3.8, 4) is 33.5 Å². The molecule has 0 N–H and O–H groups in total. The third-order valence-corrected chi connectivity index (χ3v) is 5.87. The summed E-state index contributed by atoms with van der Waals surface area (Å²) in [7, 11) is 0. The molecule has 0 saturated heterocycles. The summed E-state index contributed by atoms with van der Waals surface area (Å²) < 4.78 is 30.8. The van der Waals surface area contributed by atoms with E-state index in [9.17, 15) is 0 Å². The van der Waals surface area contributed by atoms with Crippen LogP contribution < -0.4 is 0 Å². The highest BCUT2D eigenvalue weighted by atomic mass is 16.3. The van der Waals surface area contributed by atoms with Crippen molar-refractivity contribution >= 4 is 21.9 Å². The molecule has 0 radical (unpaired) electrons. The van der Waals surface area contributed by atoms with Gasteiger partial charge in [0.05, 0.1) is 5.69 Å². The van der Waals surface area contributed by atoms with Gasteiger partial charge in [0.1, 0.15) is 11.2 Å². The molecule has 0 aliphatic heterocycles. The van der Waals surface area contributed by atoms with Gasteiger partial charge < -0.3 is 4.42 Å². The molecule has 4 aromatic carbocycles. The van der Waals surface area contributed by atoms with Crippen molar-refractivity contribution in [3.63, 3.8) is 0 Å². The van der Waals surface area contributed by atoms with Gasteiger partial charge in [0.2, 0.25) is 0 Å². The summed E-state index contributed by atoms with van der Waals surface area (Å²) in [4.78, 5) is 4.67. The molecule has 0 unspecified atom stereocenters. The predicted octanol–water partition coefficient (Wildman–Crippen LogP) is 8.29. The van der Waals surface area contributed by atoms with Gasteiger partial charge in [-0.3, -0.25) is 4.98 Å². The first-order valence-electron chi connectivity index (χ1n) is 12.1. The van der Waals surface area contributed by atoms with Crippen molar-refractivity contribution < 1.29 is 8.53 Å². The van der Waals surface area contributed by atoms with Crippen LogP contribution in [-0.2, 0) is 0 Å². The maximum absolute atomic E-state index is 8.16. The Bertz CT molecular complexity index is 1670. The van der Waals surface area contributed by atoms with Crippen molar-refractivity contribution in [2.75, 3.05) is 0 Å². The average molecular weight is 415 g/mol. The van der Waals surface area contributed by atoms with E-state index in [1.807, 2.05) is 72.8 Å². The van der Waals surface area contributed by atoms with E-state index in [1.165, 1.54) is 0 Å². The van der Waals surface area contributed by atoms with Gasteiger partial charge in [-0.15, -0.1) is 0 Å². The van der Waals surface area contributed by atoms with Crippen molar-refractivity contribution in [2.45, 2.75) is 6.85 Å². The van der Waals surface area contributed by atoms with Gasteiger partial charge >= 0.3 is 0 Å². The third-order valence-electron chi connectivity index (χ3n) is 5.87. The molecule has 152 valence electrons. The summed E-state index contributed by atoms with van der Waals surface area (Å²) in [5.74, 6) is 0. The van der Waals surface area contributed by atoms with E-state index in [0.717, 1.165) is 38.6 Å². The van der Waals surface area contributed by atoms with Crippen molar-refractivity contribution in [1.29, 1.82) is 0 Å². The molecule has 2 heteroatoms. The Morgan fingerprint density at radius 1 is 0.656 bits per heavy atom. The molecule has 32 heavy (non-hydrogen) atoms. The van der Waals surface area contributed by atoms with Gasteiger partial charge in [-0.1, -0.05) is 78.9 Å². The number of aryl methyl sites for hydroxylation is 1. The summed E-state index contributed by atoms with van der Waals surface area (Å²) in [6, 6.07) is 33.5. The summed E-state index contributed by atoms with van der Waals surface area (Å²) in [6.45, 7) is -2.28. The van der Waals surface area contributed by atoms with Crippen LogP contribution in [0.1, 0.15) is 9.68 Å². The van der Waals surface area contributed by atoms with Crippen LogP contribution in [0.2, 0.25) is 0 Å². The monoisotopic (exact) mass is 414 g/mol. The number of para-hydroxylation sites is 1. The Morgan fingerprint density at radius 3 is 2.22 bits per heavy atom. The van der Waals surface area contributed by atoms with Gasteiger partial charge in [0, 0.05) is 32.2 Å². The van der Waals surface area contributed by atoms with Gasteiger partial charge in [-0.25, -0.2) is 0 Å². The zero-order valence-corrected chi connectivity index (χ0v) is 17.2. The number of hydrogen-bond acceptors (Lipinski definition) is 2. The van der Waals surface area contributed by atoms with Crippen LogP contribution in [-0.4, -0.2) is 4.98 Å². The third kappa shape index (κ3) is 3.09. The number of aromatic nitrogens is 1. The first-order valence-corrected chi connectivity index (χ1v) is 10.6. The van der Waals surface area contributed by atoms with Gasteiger partial charge in [-0.05, 0) is 53.4 Å². The molecule has 6 rings (SSSR count). The molecule has 0 aliphatic carbocycles. The van der Waals surface area contributed by atoms with Crippen molar-refractivity contribution in [3.05, 3.63) is 115 Å². The van der Waals surface area contributed by atoms with E-state index in [1.54, 1.807) is 12.3 Å². The minimum Gasteiger partial charge on any atom is -0.455 e. The number of pyridine rings is 1. The average Bonchev–Trinajstić information content (AvgIpc) is 3.27. The zero-order valence-electron chi connectivity index (χ0n) is 20.2. The number of nitrogens with zero attached hydrogens (tertiary/aromatic N) is 1. The Hall–Kier alpha value is -4.17. The summed E-state index contributed by atoms with van der Waals surface area (Å²) >= 11 is 0. The maximum Gasteiger partial charge on any atom is 0.144 e. The first-order chi connectivity index (χ1) is 17.0. The molecule has 0 aliphatic rings. The second kappa shape index (κ2) is 7.51. The molecular formula is C30H21NO. The topological polar surface area (TPSA) is 26.0 Å². The Balaban J connectivity index is 1.53. The van der Waals surface area contributed by atoms with Crippen LogP contribution in [0.3, 0.4) is 0 Å². The van der Waals surface area contributed by atoms with Crippen LogP contribution in [0.25, 0.3) is 55.4 Å². The molecule has 2 aromatic heterocycles. The number of hydrogen-bond donors (Lipinski definition) is 0. The Morgan fingerprint density at radius 2 is 1.44 bits per heavy atom. The molecule has 0 bridgehead atoms. The van der Waals surface area contributed by atoms with Crippen LogP contribution >= 0.6 is 0 Å². The lowest BCUT2D eigenvalue weighted by Crippen LogP contribution is -1.90. The smallest absolute Gasteiger partial charge is 0.144 e.